The van der Waals surface area contributed by atoms with Crippen LogP contribution >= 0.6 is 11.3 Å². The number of likely N-dealkylation sites (tertiary alicyclic amines) is 1. The van der Waals surface area contributed by atoms with Crippen LogP contribution in [-0.4, -0.2) is 35.0 Å². The van der Waals surface area contributed by atoms with Crippen molar-refractivity contribution >= 4 is 23.2 Å². The average molecular weight is 309 g/mol. The molecule has 1 aliphatic rings. The van der Waals surface area contributed by atoms with Crippen molar-refractivity contribution in [3.63, 3.8) is 0 Å². The lowest BCUT2D eigenvalue weighted by Gasteiger charge is -2.34. The van der Waals surface area contributed by atoms with Gasteiger partial charge in [-0.2, -0.15) is 0 Å². The Hall–Kier alpha value is -1.36. The summed E-state index contributed by atoms with van der Waals surface area (Å²) in [5.74, 6) is -0.192. The van der Waals surface area contributed by atoms with Gasteiger partial charge in [-0.3, -0.25) is 9.59 Å². The smallest absolute Gasteiger partial charge is 0.303 e. The van der Waals surface area contributed by atoms with Gasteiger partial charge < -0.3 is 10.0 Å². The Morgan fingerprint density at radius 2 is 2.33 bits per heavy atom. The highest BCUT2D eigenvalue weighted by Gasteiger charge is 2.27. The number of piperidine rings is 1. The van der Waals surface area contributed by atoms with Gasteiger partial charge in [0.15, 0.2) is 0 Å². The summed E-state index contributed by atoms with van der Waals surface area (Å²) >= 11 is 1.69. The van der Waals surface area contributed by atoms with Gasteiger partial charge in [-0.15, -0.1) is 11.3 Å². The zero-order valence-corrected chi connectivity index (χ0v) is 13.3. The van der Waals surface area contributed by atoms with Crippen molar-refractivity contribution in [1.29, 1.82) is 0 Å². The van der Waals surface area contributed by atoms with Crippen LogP contribution in [-0.2, 0) is 16.0 Å². The lowest BCUT2D eigenvalue weighted by molar-refractivity contribution is -0.137. The molecular weight excluding hydrogens is 286 g/mol. The monoisotopic (exact) mass is 309 g/mol. The highest BCUT2D eigenvalue weighted by molar-refractivity contribution is 7.09. The summed E-state index contributed by atoms with van der Waals surface area (Å²) in [4.78, 5) is 26.4. The first-order valence-electron chi connectivity index (χ1n) is 7.59. The van der Waals surface area contributed by atoms with E-state index in [1.54, 1.807) is 11.3 Å². The Bertz CT molecular complexity index is 472. The zero-order valence-electron chi connectivity index (χ0n) is 12.5. The van der Waals surface area contributed by atoms with Gasteiger partial charge in [0, 0.05) is 30.3 Å². The highest BCUT2D eigenvalue weighted by Crippen LogP contribution is 2.23. The molecule has 1 saturated heterocycles. The molecule has 2 rings (SSSR count). The van der Waals surface area contributed by atoms with Crippen LogP contribution in [0.3, 0.4) is 0 Å². The van der Waals surface area contributed by atoms with Gasteiger partial charge in [0.1, 0.15) is 0 Å². The maximum Gasteiger partial charge on any atom is 0.303 e. The molecule has 1 aromatic rings. The number of nitrogens with zero attached hydrogens (tertiary/aromatic N) is 1. The summed E-state index contributed by atoms with van der Waals surface area (Å²) in [7, 11) is 0. The molecule has 116 valence electrons. The molecule has 1 N–H and O–H groups in total. The van der Waals surface area contributed by atoms with Crippen molar-refractivity contribution in [3.05, 3.63) is 22.4 Å². The van der Waals surface area contributed by atoms with Gasteiger partial charge in [-0.1, -0.05) is 13.0 Å². The number of hydrogen-bond acceptors (Lipinski definition) is 3. The molecule has 1 amide bonds. The Morgan fingerprint density at radius 1 is 1.52 bits per heavy atom. The van der Waals surface area contributed by atoms with Crippen LogP contribution in [0, 0.1) is 11.8 Å². The quantitative estimate of drug-likeness (QED) is 0.878. The second-order valence-electron chi connectivity index (χ2n) is 5.91. The van der Waals surface area contributed by atoms with Crippen molar-refractivity contribution in [1.82, 2.24) is 4.90 Å². The van der Waals surface area contributed by atoms with Gasteiger partial charge in [-0.05, 0) is 43.0 Å². The molecule has 0 saturated carbocycles. The third kappa shape index (κ3) is 4.84. The minimum absolute atomic E-state index is 0.00173. The van der Waals surface area contributed by atoms with E-state index in [0.29, 0.717) is 12.3 Å². The van der Waals surface area contributed by atoms with Crippen LogP contribution < -0.4 is 0 Å². The first kappa shape index (κ1) is 16.0. The van der Waals surface area contributed by atoms with Gasteiger partial charge in [0.25, 0.3) is 0 Å². The third-order valence-electron chi connectivity index (χ3n) is 4.11. The van der Waals surface area contributed by atoms with Gasteiger partial charge in [0.05, 0.1) is 0 Å². The molecule has 0 aliphatic carbocycles. The van der Waals surface area contributed by atoms with Crippen LogP contribution in [0.15, 0.2) is 17.5 Å². The Balaban J connectivity index is 1.84. The van der Waals surface area contributed by atoms with Crippen molar-refractivity contribution < 1.29 is 14.7 Å². The number of carbonyl (C=O) groups excluding carboxylic acids is 1. The maximum atomic E-state index is 12.5. The van der Waals surface area contributed by atoms with E-state index < -0.39 is 5.97 Å². The van der Waals surface area contributed by atoms with E-state index in [9.17, 15) is 9.59 Å². The topological polar surface area (TPSA) is 57.6 Å². The molecule has 2 atom stereocenters. The minimum atomic E-state index is -0.746. The predicted octanol–water partition coefficient (Wildman–Crippen LogP) is 3.03. The predicted molar refractivity (Wildman–Crippen MR) is 83.4 cm³/mol. The standard InChI is InChI=1S/C16H23NO3S/c1-12(10-14-5-3-9-21-14)16(20)17-8-2-4-13(11-17)6-7-15(18)19/h3,5,9,12-13H,2,4,6-8,10-11H2,1H3,(H,18,19)/t12-,13+/m0/s1. The second kappa shape index (κ2) is 7.59. The van der Waals surface area contributed by atoms with E-state index in [2.05, 4.69) is 6.07 Å². The van der Waals surface area contributed by atoms with Crippen molar-refractivity contribution in [2.45, 2.75) is 39.0 Å². The van der Waals surface area contributed by atoms with Crippen LogP contribution in [0.4, 0.5) is 0 Å². The molecule has 1 aliphatic heterocycles. The number of hydrogen-bond donors (Lipinski definition) is 1. The fourth-order valence-corrected chi connectivity index (χ4v) is 3.79. The van der Waals surface area contributed by atoms with Crippen molar-refractivity contribution in [3.8, 4) is 0 Å². The van der Waals surface area contributed by atoms with E-state index in [1.807, 2.05) is 23.3 Å². The second-order valence-corrected chi connectivity index (χ2v) is 6.94. The lowest BCUT2D eigenvalue weighted by atomic mass is 9.92. The molecule has 0 bridgehead atoms. The first-order chi connectivity index (χ1) is 10.1. The van der Waals surface area contributed by atoms with E-state index in [1.165, 1.54) is 4.88 Å². The highest BCUT2D eigenvalue weighted by atomic mass is 32.1. The molecule has 0 radical (unpaired) electrons. The van der Waals surface area contributed by atoms with Gasteiger partial charge in [0.2, 0.25) is 5.91 Å². The SMILES string of the molecule is C[C@@H](Cc1cccs1)C(=O)N1CCC[C@H](CCC(=O)O)C1. The van der Waals surface area contributed by atoms with Crippen LogP contribution in [0.5, 0.6) is 0 Å². The molecule has 5 heteroatoms. The zero-order chi connectivity index (χ0) is 15.2. The van der Waals surface area contributed by atoms with Crippen LogP contribution in [0.25, 0.3) is 0 Å². The minimum Gasteiger partial charge on any atom is -0.481 e. The number of aliphatic carboxylic acids is 1. The summed E-state index contributed by atoms with van der Waals surface area (Å²) < 4.78 is 0. The normalized spacial score (nSPS) is 20.2. The molecule has 0 spiro atoms. The fourth-order valence-electron chi connectivity index (χ4n) is 2.96. The Morgan fingerprint density at radius 3 is 3.00 bits per heavy atom. The van der Waals surface area contributed by atoms with Crippen LogP contribution in [0.1, 0.15) is 37.5 Å². The number of carboxylic acid groups (broad SMARTS) is 1. The van der Waals surface area contributed by atoms with Gasteiger partial charge in [-0.25, -0.2) is 0 Å². The molecule has 2 heterocycles. The number of rotatable bonds is 6. The summed E-state index contributed by atoms with van der Waals surface area (Å²) in [6.45, 7) is 3.53. The summed E-state index contributed by atoms with van der Waals surface area (Å²) in [5.41, 5.74) is 0. The van der Waals surface area contributed by atoms with Crippen molar-refractivity contribution in [2.24, 2.45) is 11.8 Å². The number of carbonyl (C=O) groups is 2. The molecule has 0 unspecified atom stereocenters. The van der Waals surface area contributed by atoms with E-state index in [0.717, 1.165) is 32.4 Å². The van der Waals surface area contributed by atoms with E-state index in [4.69, 9.17) is 5.11 Å². The lowest BCUT2D eigenvalue weighted by Crippen LogP contribution is -2.43. The van der Waals surface area contributed by atoms with E-state index >= 15 is 0 Å². The summed E-state index contributed by atoms with van der Waals surface area (Å²) in [6, 6.07) is 4.08. The number of carboxylic acids is 1. The first-order valence-corrected chi connectivity index (χ1v) is 8.47. The summed E-state index contributed by atoms with van der Waals surface area (Å²) in [5, 5.41) is 10.8. The number of amides is 1. The Labute approximate surface area is 129 Å². The third-order valence-corrected chi connectivity index (χ3v) is 5.00. The molecule has 1 fully saturated rings. The van der Waals surface area contributed by atoms with Crippen LogP contribution in [0.2, 0.25) is 0 Å². The average Bonchev–Trinajstić information content (AvgIpc) is 2.97. The molecular formula is C16H23NO3S. The van der Waals surface area contributed by atoms with E-state index in [-0.39, 0.29) is 18.2 Å². The molecule has 0 aromatic carbocycles. The largest absolute Gasteiger partial charge is 0.481 e. The van der Waals surface area contributed by atoms with Crippen molar-refractivity contribution in [2.75, 3.05) is 13.1 Å². The molecule has 1 aromatic heterocycles. The molecule has 21 heavy (non-hydrogen) atoms. The number of thiophene rings is 1. The maximum absolute atomic E-state index is 12.5. The van der Waals surface area contributed by atoms with Gasteiger partial charge >= 0.3 is 5.97 Å². The Kier molecular flexibility index (Phi) is 5.79. The summed E-state index contributed by atoms with van der Waals surface area (Å²) in [6.07, 6.45) is 3.71. The molecule has 4 nitrogen and oxygen atoms in total. The fraction of sp³-hybridized carbons (Fsp3) is 0.625.